The predicted molar refractivity (Wildman–Crippen MR) is 73.1 cm³/mol. The first-order valence-electron chi connectivity index (χ1n) is 7.43. The van der Waals surface area contributed by atoms with E-state index in [0.717, 1.165) is 25.7 Å². The van der Waals surface area contributed by atoms with Gasteiger partial charge < -0.3 is 20.5 Å². The number of carbonyl (C=O) groups is 2. The Labute approximate surface area is 119 Å². The van der Waals surface area contributed by atoms with E-state index in [1.54, 1.807) is 4.90 Å². The minimum Gasteiger partial charge on any atom is -0.481 e. The van der Waals surface area contributed by atoms with E-state index in [1.165, 1.54) is 0 Å². The molecule has 0 aromatic carbocycles. The molecule has 0 bridgehead atoms. The number of hydrogen-bond acceptors (Lipinski definition) is 4. The van der Waals surface area contributed by atoms with Crippen LogP contribution >= 0.6 is 0 Å². The summed E-state index contributed by atoms with van der Waals surface area (Å²) in [4.78, 5) is 25.4. The van der Waals surface area contributed by atoms with Crippen LogP contribution < -0.4 is 5.73 Å². The van der Waals surface area contributed by atoms with Crippen LogP contribution in [0.15, 0.2) is 0 Å². The van der Waals surface area contributed by atoms with Crippen molar-refractivity contribution in [3.05, 3.63) is 0 Å². The van der Waals surface area contributed by atoms with Crippen molar-refractivity contribution >= 4 is 11.9 Å². The molecule has 1 amide bonds. The van der Waals surface area contributed by atoms with E-state index in [4.69, 9.17) is 15.6 Å². The van der Waals surface area contributed by atoms with E-state index in [2.05, 4.69) is 0 Å². The molecule has 1 saturated carbocycles. The summed E-state index contributed by atoms with van der Waals surface area (Å²) in [5.41, 5.74) is 5.79. The monoisotopic (exact) mass is 284 g/mol. The molecule has 3 unspecified atom stereocenters. The van der Waals surface area contributed by atoms with E-state index in [0.29, 0.717) is 26.3 Å². The molecule has 0 spiro atoms. The summed E-state index contributed by atoms with van der Waals surface area (Å²) < 4.78 is 5.32. The van der Waals surface area contributed by atoms with Crippen molar-refractivity contribution in [2.24, 2.45) is 17.6 Å². The van der Waals surface area contributed by atoms with Gasteiger partial charge in [0.2, 0.25) is 5.91 Å². The number of carboxylic acids is 1. The summed E-state index contributed by atoms with van der Waals surface area (Å²) in [6.07, 6.45) is 4.01. The Kier molecular flexibility index (Phi) is 5.37. The first kappa shape index (κ1) is 15.3. The maximum Gasteiger partial charge on any atom is 0.305 e. The van der Waals surface area contributed by atoms with Gasteiger partial charge in [0.15, 0.2) is 0 Å². The number of hydrogen-bond donors (Lipinski definition) is 2. The van der Waals surface area contributed by atoms with Crippen LogP contribution in [0.3, 0.4) is 0 Å². The second kappa shape index (κ2) is 7.04. The number of rotatable bonds is 4. The minimum absolute atomic E-state index is 0.0388. The predicted octanol–water partition coefficient (Wildman–Crippen LogP) is 0.454. The molecular weight excluding hydrogens is 260 g/mol. The summed E-state index contributed by atoms with van der Waals surface area (Å²) in [6.45, 7) is 1.83. The van der Waals surface area contributed by atoms with Crippen molar-refractivity contribution in [1.29, 1.82) is 0 Å². The third kappa shape index (κ3) is 3.49. The van der Waals surface area contributed by atoms with E-state index >= 15 is 0 Å². The van der Waals surface area contributed by atoms with Gasteiger partial charge >= 0.3 is 5.97 Å². The van der Waals surface area contributed by atoms with Gasteiger partial charge in [0, 0.05) is 12.5 Å². The highest BCUT2D eigenvalue weighted by atomic mass is 16.5. The number of morpholine rings is 1. The molecule has 20 heavy (non-hydrogen) atoms. The third-order valence-corrected chi connectivity index (χ3v) is 4.45. The van der Waals surface area contributed by atoms with Crippen LogP contribution in [-0.2, 0) is 14.3 Å². The maximum atomic E-state index is 12.7. The van der Waals surface area contributed by atoms with Gasteiger partial charge in [0.25, 0.3) is 0 Å². The average molecular weight is 284 g/mol. The van der Waals surface area contributed by atoms with Gasteiger partial charge in [-0.05, 0) is 25.3 Å². The van der Waals surface area contributed by atoms with Gasteiger partial charge in [-0.2, -0.15) is 0 Å². The fraction of sp³-hybridized carbons (Fsp3) is 0.857. The van der Waals surface area contributed by atoms with Crippen LogP contribution in [0.4, 0.5) is 0 Å². The number of ether oxygens (including phenoxy) is 1. The van der Waals surface area contributed by atoms with Gasteiger partial charge in [-0.3, -0.25) is 9.59 Å². The zero-order valence-corrected chi connectivity index (χ0v) is 11.8. The van der Waals surface area contributed by atoms with Crippen molar-refractivity contribution in [3.63, 3.8) is 0 Å². The van der Waals surface area contributed by atoms with Gasteiger partial charge in [-0.15, -0.1) is 0 Å². The topological polar surface area (TPSA) is 92.9 Å². The third-order valence-electron chi connectivity index (χ3n) is 4.45. The largest absolute Gasteiger partial charge is 0.481 e. The lowest BCUT2D eigenvalue weighted by atomic mass is 9.78. The molecule has 6 heteroatoms. The molecule has 1 saturated heterocycles. The Hall–Kier alpha value is -1.14. The molecule has 2 fully saturated rings. The molecule has 6 nitrogen and oxygen atoms in total. The first-order chi connectivity index (χ1) is 9.63. The maximum absolute atomic E-state index is 12.7. The Morgan fingerprint density at radius 1 is 1.30 bits per heavy atom. The number of carbonyl (C=O) groups excluding carboxylic acids is 1. The van der Waals surface area contributed by atoms with Crippen LogP contribution in [0, 0.1) is 11.8 Å². The molecule has 2 aliphatic rings. The lowest BCUT2D eigenvalue weighted by molar-refractivity contribution is -0.151. The highest BCUT2D eigenvalue weighted by molar-refractivity contribution is 5.80. The van der Waals surface area contributed by atoms with Crippen LogP contribution in [-0.4, -0.2) is 54.2 Å². The Balaban J connectivity index is 2.05. The zero-order chi connectivity index (χ0) is 14.5. The van der Waals surface area contributed by atoms with Crippen LogP contribution in [0.2, 0.25) is 0 Å². The van der Waals surface area contributed by atoms with E-state index in [1.807, 2.05) is 0 Å². The number of amides is 1. The fourth-order valence-corrected chi connectivity index (χ4v) is 3.34. The zero-order valence-electron chi connectivity index (χ0n) is 11.8. The molecule has 0 radical (unpaired) electrons. The summed E-state index contributed by atoms with van der Waals surface area (Å²) in [6, 6.07) is -0.339. The number of aliphatic carboxylic acids is 1. The molecule has 1 aliphatic carbocycles. The van der Waals surface area contributed by atoms with Crippen LogP contribution in [0.1, 0.15) is 32.1 Å². The lowest BCUT2D eigenvalue weighted by Crippen LogP contribution is -2.53. The van der Waals surface area contributed by atoms with E-state index in [9.17, 15) is 9.59 Å². The molecule has 1 aliphatic heterocycles. The van der Waals surface area contributed by atoms with Gasteiger partial charge in [0.1, 0.15) is 0 Å². The lowest BCUT2D eigenvalue weighted by Gasteiger charge is -2.40. The summed E-state index contributed by atoms with van der Waals surface area (Å²) in [5.74, 6) is -0.611. The van der Waals surface area contributed by atoms with Gasteiger partial charge in [-0.25, -0.2) is 0 Å². The highest BCUT2D eigenvalue weighted by Crippen LogP contribution is 2.31. The molecule has 3 atom stereocenters. The highest BCUT2D eigenvalue weighted by Gasteiger charge is 2.37. The molecule has 3 N–H and O–H groups in total. The summed E-state index contributed by atoms with van der Waals surface area (Å²) in [7, 11) is 0. The molecule has 0 aromatic rings. The average Bonchev–Trinajstić information content (AvgIpc) is 2.46. The molecule has 0 aromatic heterocycles. The minimum atomic E-state index is -0.891. The Morgan fingerprint density at radius 2 is 2.05 bits per heavy atom. The molecule has 1 heterocycles. The number of nitrogens with zero attached hydrogens (tertiary/aromatic N) is 1. The second-order valence-corrected chi connectivity index (χ2v) is 5.74. The van der Waals surface area contributed by atoms with Gasteiger partial charge in [-0.1, -0.05) is 12.8 Å². The molecule has 2 rings (SSSR count). The fourth-order valence-electron chi connectivity index (χ4n) is 3.34. The van der Waals surface area contributed by atoms with E-state index in [-0.39, 0.29) is 30.2 Å². The normalized spacial score (nSPS) is 31.1. The van der Waals surface area contributed by atoms with Crippen molar-refractivity contribution in [3.8, 4) is 0 Å². The summed E-state index contributed by atoms with van der Waals surface area (Å²) in [5, 5.41) is 8.96. The SMILES string of the molecule is NCC1CCCCC1C(=O)N1CCOCC1CC(=O)O. The molecule has 114 valence electrons. The van der Waals surface area contributed by atoms with Crippen molar-refractivity contribution in [2.45, 2.75) is 38.1 Å². The van der Waals surface area contributed by atoms with Crippen molar-refractivity contribution in [1.82, 2.24) is 4.90 Å². The Morgan fingerprint density at radius 3 is 2.75 bits per heavy atom. The molecular formula is C14H24N2O4. The standard InChI is InChI=1S/C14H24N2O4/c15-8-10-3-1-2-4-12(10)14(19)16-5-6-20-9-11(16)7-13(17)18/h10-12H,1-9,15H2,(H,17,18). The van der Waals surface area contributed by atoms with Gasteiger partial charge in [0.05, 0.1) is 25.7 Å². The Bertz CT molecular complexity index is 361. The number of nitrogens with two attached hydrogens (primary N) is 1. The first-order valence-corrected chi connectivity index (χ1v) is 7.43. The second-order valence-electron chi connectivity index (χ2n) is 5.74. The van der Waals surface area contributed by atoms with Crippen molar-refractivity contribution < 1.29 is 19.4 Å². The van der Waals surface area contributed by atoms with E-state index < -0.39 is 5.97 Å². The quantitative estimate of drug-likeness (QED) is 0.782. The number of carboxylic acid groups (broad SMARTS) is 1. The van der Waals surface area contributed by atoms with Crippen LogP contribution in [0.25, 0.3) is 0 Å². The smallest absolute Gasteiger partial charge is 0.305 e. The van der Waals surface area contributed by atoms with Crippen LogP contribution in [0.5, 0.6) is 0 Å². The van der Waals surface area contributed by atoms with Crippen molar-refractivity contribution in [2.75, 3.05) is 26.3 Å². The summed E-state index contributed by atoms with van der Waals surface area (Å²) >= 11 is 0.